The number of rotatable bonds is 3. The predicted octanol–water partition coefficient (Wildman–Crippen LogP) is 3.14. The highest BCUT2D eigenvalue weighted by molar-refractivity contribution is 7.92. The summed E-state index contributed by atoms with van der Waals surface area (Å²) in [6.45, 7) is 4.89. The van der Waals surface area contributed by atoms with E-state index in [1.807, 2.05) is 27.9 Å². The zero-order valence-corrected chi connectivity index (χ0v) is 18.2. The normalized spacial score (nSPS) is 27.7. The lowest BCUT2D eigenvalue weighted by atomic mass is 9.90. The Bertz CT molecular complexity index is 897. The first-order chi connectivity index (χ1) is 13.2. The third-order valence-electron chi connectivity index (χ3n) is 6.39. The molecule has 1 aromatic rings. The van der Waals surface area contributed by atoms with E-state index in [0.717, 1.165) is 50.8 Å². The maximum absolute atomic E-state index is 13.3. The molecule has 2 unspecified atom stereocenters. The molecule has 0 bridgehead atoms. The molecule has 1 aromatic carbocycles. The summed E-state index contributed by atoms with van der Waals surface area (Å²) in [5, 5.41) is 3.04. The summed E-state index contributed by atoms with van der Waals surface area (Å²) in [6.07, 6.45) is 6.45. The number of carbonyl (C=O) groups is 1. The Morgan fingerprint density at radius 1 is 1.21 bits per heavy atom. The molecule has 1 fully saturated rings. The van der Waals surface area contributed by atoms with Gasteiger partial charge >= 0.3 is 6.03 Å². The van der Waals surface area contributed by atoms with E-state index in [1.165, 1.54) is 22.3 Å². The molecular weight excluding hydrogens is 372 g/mol. The molecule has 2 aliphatic carbocycles. The van der Waals surface area contributed by atoms with Crippen molar-refractivity contribution in [2.24, 2.45) is 10.3 Å². The van der Waals surface area contributed by atoms with Crippen LogP contribution in [0.1, 0.15) is 48.9 Å². The first-order valence-electron chi connectivity index (χ1n) is 10.3. The van der Waals surface area contributed by atoms with Crippen LogP contribution in [0, 0.1) is 5.92 Å². The molecular formula is C21H32N4O2S. The lowest BCUT2D eigenvalue weighted by molar-refractivity contribution is 0.259. The van der Waals surface area contributed by atoms with E-state index in [1.54, 1.807) is 0 Å². The van der Waals surface area contributed by atoms with Crippen LogP contribution in [0.15, 0.2) is 10.4 Å². The number of urea groups is 1. The van der Waals surface area contributed by atoms with Gasteiger partial charge in [-0.25, -0.2) is 13.7 Å². The molecule has 2 amide bonds. The summed E-state index contributed by atoms with van der Waals surface area (Å²) in [5.41, 5.74) is 5.91. The molecule has 1 aliphatic heterocycles. The number of hydrogen-bond acceptors (Lipinski definition) is 3. The van der Waals surface area contributed by atoms with Crippen LogP contribution < -0.4 is 10.0 Å². The Balaban J connectivity index is 1.60. The second kappa shape index (κ2) is 7.11. The van der Waals surface area contributed by atoms with Crippen molar-refractivity contribution in [3.05, 3.63) is 28.3 Å². The van der Waals surface area contributed by atoms with Crippen LogP contribution in [0.4, 0.5) is 10.5 Å². The maximum atomic E-state index is 13.3. The van der Waals surface area contributed by atoms with E-state index in [9.17, 15) is 9.00 Å². The lowest BCUT2D eigenvalue weighted by Crippen LogP contribution is -2.43. The Morgan fingerprint density at radius 2 is 1.82 bits per heavy atom. The molecule has 7 heteroatoms. The van der Waals surface area contributed by atoms with Crippen molar-refractivity contribution in [1.82, 2.24) is 9.62 Å². The molecule has 28 heavy (non-hydrogen) atoms. The van der Waals surface area contributed by atoms with Gasteiger partial charge in [-0.15, -0.1) is 4.36 Å². The molecule has 6 nitrogen and oxygen atoms in total. The van der Waals surface area contributed by atoms with E-state index in [4.69, 9.17) is 0 Å². The average Bonchev–Trinajstić information content (AvgIpc) is 3.25. The highest BCUT2D eigenvalue weighted by Gasteiger charge is 2.42. The molecule has 0 aromatic heterocycles. The smallest absolute Gasteiger partial charge is 0.309 e. The minimum absolute atomic E-state index is 0.178. The predicted molar refractivity (Wildman–Crippen MR) is 114 cm³/mol. The highest BCUT2D eigenvalue weighted by Crippen LogP contribution is 2.38. The van der Waals surface area contributed by atoms with Crippen LogP contribution in [0.5, 0.6) is 0 Å². The van der Waals surface area contributed by atoms with Gasteiger partial charge < -0.3 is 10.2 Å². The van der Waals surface area contributed by atoms with Crippen LogP contribution in [-0.4, -0.2) is 47.1 Å². The van der Waals surface area contributed by atoms with Crippen LogP contribution in [0.3, 0.4) is 0 Å². The van der Waals surface area contributed by atoms with Gasteiger partial charge in [0.15, 0.2) is 0 Å². The third kappa shape index (κ3) is 3.72. The molecule has 4 rings (SSSR count). The van der Waals surface area contributed by atoms with Gasteiger partial charge in [0.25, 0.3) is 0 Å². The minimum Gasteiger partial charge on any atom is -0.309 e. The van der Waals surface area contributed by atoms with Gasteiger partial charge in [0.05, 0.1) is 5.75 Å². The molecule has 0 saturated carbocycles. The number of nitrogens with one attached hydrogen (secondary N) is 2. The van der Waals surface area contributed by atoms with Crippen molar-refractivity contribution in [3.63, 3.8) is 0 Å². The van der Waals surface area contributed by atoms with E-state index in [-0.39, 0.29) is 11.5 Å². The van der Waals surface area contributed by atoms with Crippen LogP contribution >= 0.6 is 0 Å². The number of fused-ring (bicyclic) bond motifs is 2. The molecule has 0 radical (unpaired) electrons. The van der Waals surface area contributed by atoms with Gasteiger partial charge in [0, 0.05) is 23.7 Å². The van der Waals surface area contributed by atoms with Gasteiger partial charge in [-0.1, -0.05) is 6.07 Å². The Hall–Kier alpha value is -1.44. The molecule has 3 aliphatic rings. The summed E-state index contributed by atoms with van der Waals surface area (Å²) in [6, 6.07) is 1.86. The van der Waals surface area contributed by atoms with Crippen LogP contribution in [0.25, 0.3) is 0 Å². The zero-order chi connectivity index (χ0) is 20.1. The second-order valence-corrected chi connectivity index (χ2v) is 11.3. The first-order valence-corrected chi connectivity index (χ1v) is 12.0. The molecule has 0 spiro atoms. The highest BCUT2D eigenvalue weighted by atomic mass is 32.2. The largest absolute Gasteiger partial charge is 0.354 e. The van der Waals surface area contributed by atoms with Gasteiger partial charge in [-0.2, -0.15) is 0 Å². The number of carbonyl (C=O) groups excluding carboxylic acids is 1. The summed E-state index contributed by atoms with van der Waals surface area (Å²) >= 11 is 0. The Kier molecular flexibility index (Phi) is 5.04. The van der Waals surface area contributed by atoms with Crippen LogP contribution in [-0.2, 0) is 35.6 Å². The SMILES string of the molecule is CN(C)CC1CS(=O)(=NC(=O)Nc2c3c(cc4c2CCC4)CCC3)NC1(C)C. The van der Waals surface area contributed by atoms with E-state index >= 15 is 0 Å². The van der Waals surface area contributed by atoms with Crippen molar-refractivity contribution < 1.29 is 9.00 Å². The Labute approximate surface area is 168 Å². The number of nitrogens with zero attached hydrogens (tertiary/aromatic N) is 2. The van der Waals surface area contributed by atoms with Crippen LogP contribution in [0.2, 0.25) is 0 Å². The second-order valence-electron chi connectivity index (χ2n) is 9.35. The van der Waals surface area contributed by atoms with Gasteiger partial charge in [0.2, 0.25) is 0 Å². The number of aryl methyl sites for hydroxylation is 2. The standard InChI is InChI=1S/C21H32N4O2S/c1-21(2)16(12-25(3)4)13-28(27,24-21)23-20(26)22-19-17-9-5-7-14(17)11-15-8-6-10-18(15)19/h11,16H,5-10,12-13H2,1-4H3,(H2,22,23,24,26,27). The number of amides is 2. The summed E-state index contributed by atoms with van der Waals surface area (Å²) < 4.78 is 20.6. The molecule has 2 N–H and O–H groups in total. The van der Waals surface area contributed by atoms with Crippen molar-refractivity contribution in [2.75, 3.05) is 31.7 Å². The maximum Gasteiger partial charge on any atom is 0.354 e. The van der Waals surface area contributed by atoms with Crippen molar-refractivity contribution in [2.45, 2.75) is 57.9 Å². The summed E-state index contributed by atoms with van der Waals surface area (Å²) in [5.74, 6) is 0.577. The monoisotopic (exact) mass is 404 g/mol. The number of anilines is 1. The number of hydrogen-bond donors (Lipinski definition) is 2. The molecule has 154 valence electrons. The topological polar surface area (TPSA) is 73.8 Å². The first kappa shape index (κ1) is 19.9. The number of benzene rings is 1. The lowest BCUT2D eigenvalue weighted by Gasteiger charge is -2.27. The summed E-state index contributed by atoms with van der Waals surface area (Å²) in [7, 11) is 1.25. The molecule has 1 heterocycles. The van der Waals surface area contributed by atoms with Crippen molar-refractivity contribution >= 4 is 21.6 Å². The van der Waals surface area contributed by atoms with Crippen molar-refractivity contribution in [3.8, 4) is 0 Å². The van der Waals surface area contributed by atoms with E-state index in [2.05, 4.69) is 25.4 Å². The Morgan fingerprint density at radius 3 is 2.39 bits per heavy atom. The van der Waals surface area contributed by atoms with E-state index in [0.29, 0.717) is 5.75 Å². The van der Waals surface area contributed by atoms with Gasteiger partial charge in [-0.05, 0) is 88.7 Å². The fraction of sp³-hybridized carbons (Fsp3) is 0.667. The minimum atomic E-state index is -2.77. The summed E-state index contributed by atoms with van der Waals surface area (Å²) in [4.78, 5) is 14.9. The van der Waals surface area contributed by atoms with Gasteiger partial charge in [-0.3, -0.25) is 0 Å². The molecule has 2 atom stereocenters. The molecule has 1 saturated heterocycles. The fourth-order valence-electron chi connectivity index (χ4n) is 5.03. The zero-order valence-electron chi connectivity index (χ0n) is 17.4. The fourth-order valence-corrected chi connectivity index (χ4v) is 7.60. The van der Waals surface area contributed by atoms with Crippen molar-refractivity contribution in [1.29, 1.82) is 0 Å². The average molecular weight is 405 g/mol. The van der Waals surface area contributed by atoms with Gasteiger partial charge in [0.1, 0.15) is 9.92 Å². The van der Waals surface area contributed by atoms with E-state index < -0.39 is 15.9 Å². The quantitative estimate of drug-likeness (QED) is 0.813. The third-order valence-corrected chi connectivity index (χ3v) is 8.55.